The van der Waals surface area contributed by atoms with Crippen LogP contribution in [0.1, 0.15) is 0 Å². The molecule has 2 aromatic rings. The first kappa shape index (κ1) is 18.2. The van der Waals surface area contributed by atoms with Gasteiger partial charge in [-0.15, -0.1) is 0 Å². The van der Waals surface area contributed by atoms with Crippen LogP contribution in [0.25, 0.3) is 0 Å². The lowest BCUT2D eigenvalue weighted by molar-refractivity contribution is -0.0498. The molecule has 0 radical (unpaired) electrons. The number of rotatable bonds is 8. The minimum absolute atomic E-state index is 0.0159. The van der Waals surface area contributed by atoms with Crippen molar-refractivity contribution in [3.63, 3.8) is 0 Å². The van der Waals surface area contributed by atoms with Gasteiger partial charge in [-0.05, 0) is 12.1 Å². The Balaban J connectivity index is 1.95. The van der Waals surface area contributed by atoms with Gasteiger partial charge in [0, 0.05) is 12.3 Å². The normalized spacial score (nSPS) is 11.3. The van der Waals surface area contributed by atoms with Crippen molar-refractivity contribution in [3.05, 3.63) is 48.6 Å². The molecule has 0 bridgehead atoms. The maximum Gasteiger partial charge on any atom is 0.387 e. The molecule has 10 heteroatoms. The number of hydrazine groups is 1. The number of nitrogens with two attached hydrogens (primary N) is 2. The average Bonchev–Trinajstić information content (AvgIpc) is 2.60. The highest BCUT2D eigenvalue weighted by molar-refractivity contribution is 5.51. The van der Waals surface area contributed by atoms with Crippen LogP contribution in [0.15, 0.2) is 48.6 Å². The van der Waals surface area contributed by atoms with Gasteiger partial charge in [0.1, 0.15) is 12.4 Å². The van der Waals surface area contributed by atoms with Crippen LogP contribution >= 0.6 is 0 Å². The number of anilines is 1. The number of hydrogen-bond acceptors (Lipinski definition) is 8. The van der Waals surface area contributed by atoms with E-state index in [4.69, 9.17) is 21.1 Å². The summed E-state index contributed by atoms with van der Waals surface area (Å²) < 4.78 is 39.0. The smallest absolute Gasteiger partial charge is 0.387 e. The van der Waals surface area contributed by atoms with E-state index in [1.165, 1.54) is 43.9 Å². The minimum Gasteiger partial charge on any atom is -0.494 e. The van der Waals surface area contributed by atoms with Gasteiger partial charge in [-0.2, -0.15) is 18.7 Å². The standard InChI is InChI=1S/C15H17F2N5O3/c1-23-13-6-20-15(21-7-13)24-9-10(18)8-22(19)11-3-2-4-12(5-11)25-14(16)17/h2-8,14H,9,18-19H2,1H3/b10-8-. The van der Waals surface area contributed by atoms with Crippen molar-refractivity contribution in [2.75, 3.05) is 18.7 Å². The quantitative estimate of drug-likeness (QED) is 0.545. The second-order valence-corrected chi connectivity index (χ2v) is 4.68. The molecular formula is C15H17F2N5O3. The van der Waals surface area contributed by atoms with Crippen LogP contribution in [-0.4, -0.2) is 30.3 Å². The first-order valence-electron chi connectivity index (χ1n) is 7.01. The van der Waals surface area contributed by atoms with Crippen LogP contribution in [-0.2, 0) is 0 Å². The number of aromatic nitrogens is 2. The Morgan fingerprint density at radius 3 is 2.64 bits per heavy atom. The van der Waals surface area contributed by atoms with E-state index in [-0.39, 0.29) is 24.1 Å². The second-order valence-electron chi connectivity index (χ2n) is 4.68. The van der Waals surface area contributed by atoms with Gasteiger partial charge in [-0.25, -0.2) is 5.84 Å². The summed E-state index contributed by atoms with van der Waals surface area (Å²) in [5, 5.41) is 1.16. The summed E-state index contributed by atoms with van der Waals surface area (Å²) in [6, 6.07) is 5.99. The van der Waals surface area contributed by atoms with E-state index in [0.717, 1.165) is 5.01 Å². The zero-order chi connectivity index (χ0) is 18.2. The first-order valence-corrected chi connectivity index (χ1v) is 7.01. The van der Waals surface area contributed by atoms with Crippen LogP contribution in [0.5, 0.6) is 17.5 Å². The zero-order valence-corrected chi connectivity index (χ0v) is 13.3. The number of methoxy groups -OCH3 is 1. The van der Waals surface area contributed by atoms with Crippen molar-refractivity contribution < 1.29 is 23.0 Å². The fourth-order valence-corrected chi connectivity index (χ4v) is 1.74. The van der Waals surface area contributed by atoms with Crippen LogP contribution in [0.3, 0.4) is 0 Å². The van der Waals surface area contributed by atoms with E-state index in [0.29, 0.717) is 11.4 Å². The molecule has 4 N–H and O–H groups in total. The topological polar surface area (TPSA) is 109 Å². The Labute approximate surface area is 142 Å². The molecule has 2 rings (SSSR count). The van der Waals surface area contributed by atoms with E-state index in [2.05, 4.69) is 14.7 Å². The molecule has 0 aliphatic carbocycles. The highest BCUT2D eigenvalue weighted by Crippen LogP contribution is 2.21. The van der Waals surface area contributed by atoms with Crippen molar-refractivity contribution in [2.45, 2.75) is 6.61 Å². The third-order valence-electron chi connectivity index (χ3n) is 2.85. The molecule has 0 fully saturated rings. The predicted molar refractivity (Wildman–Crippen MR) is 86.1 cm³/mol. The highest BCUT2D eigenvalue weighted by atomic mass is 19.3. The molecule has 25 heavy (non-hydrogen) atoms. The molecule has 0 saturated heterocycles. The number of nitrogens with zero attached hydrogens (tertiary/aromatic N) is 3. The Bertz CT molecular complexity index is 713. The SMILES string of the molecule is COc1cnc(OC/C(N)=C/N(N)c2cccc(OC(F)F)c2)nc1. The lowest BCUT2D eigenvalue weighted by atomic mass is 10.3. The van der Waals surface area contributed by atoms with Gasteiger partial charge in [0.15, 0.2) is 5.75 Å². The molecule has 0 amide bonds. The van der Waals surface area contributed by atoms with Gasteiger partial charge >= 0.3 is 12.6 Å². The van der Waals surface area contributed by atoms with Crippen LogP contribution in [0.4, 0.5) is 14.5 Å². The molecular weight excluding hydrogens is 336 g/mol. The molecule has 0 atom stereocenters. The van der Waals surface area contributed by atoms with Gasteiger partial charge in [-0.1, -0.05) is 6.07 Å². The fraction of sp³-hybridized carbons (Fsp3) is 0.200. The van der Waals surface area contributed by atoms with E-state index >= 15 is 0 Å². The Hall–Kier alpha value is -3.14. The largest absolute Gasteiger partial charge is 0.494 e. The summed E-state index contributed by atoms with van der Waals surface area (Å²) in [6.07, 6.45) is 4.28. The molecule has 1 heterocycles. The second kappa shape index (κ2) is 8.64. The summed E-state index contributed by atoms with van der Waals surface area (Å²) in [4.78, 5) is 7.85. The molecule has 1 aromatic heterocycles. The lowest BCUT2D eigenvalue weighted by Gasteiger charge is -2.16. The third kappa shape index (κ3) is 5.77. The average molecular weight is 353 g/mol. The maximum atomic E-state index is 12.2. The molecule has 1 aromatic carbocycles. The first-order chi connectivity index (χ1) is 12.0. The molecule has 134 valence electrons. The van der Waals surface area contributed by atoms with Gasteiger partial charge in [0.05, 0.1) is 30.9 Å². The monoisotopic (exact) mass is 353 g/mol. The summed E-state index contributed by atoms with van der Waals surface area (Å²) >= 11 is 0. The molecule has 0 aliphatic rings. The molecule has 0 spiro atoms. The van der Waals surface area contributed by atoms with Crippen molar-refractivity contribution >= 4 is 5.69 Å². The molecule has 0 aliphatic heterocycles. The number of alkyl halides is 2. The summed E-state index contributed by atoms with van der Waals surface area (Å²) in [6.45, 7) is -2.94. The van der Waals surface area contributed by atoms with E-state index < -0.39 is 6.61 Å². The van der Waals surface area contributed by atoms with Crippen molar-refractivity contribution in [1.29, 1.82) is 0 Å². The Morgan fingerprint density at radius 1 is 1.28 bits per heavy atom. The van der Waals surface area contributed by atoms with E-state index in [1.807, 2.05) is 0 Å². The van der Waals surface area contributed by atoms with E-state index in [1.54, 1.807) is 6.07 Å². The van der Waals surface area contributed by atoms with Crippen LogP contribution in [0, 0.1) is 0 Å². The Morgan fingerprint density at radius 2 is 2.00 bits per heavy atom. The molecule has 0 unspecified atom stereocenters. The predicted octanol–water partition coefficient (Wildman–Crippen LogP) is 1.65. The van der Waals surface area contributed by atoms with Crippen molar-refractivity contribution in [3.8, 4) is 17.5 Å². The number of halogens is 2. The zero-order valence-electron chi connectivity index (χ0n) is 13.3. The summed E-state index contributed by atoms with van der Waals surface area (Å²) in [5.74, 6) is 6.31. The fourth-order valence-electron chi connectivity index (χ4n) is 1.74. The van der Waals surface area contributed by atoms with Crippen LogP contribution < -0.4 is 30.8 Å². The number of ether oxygens (including phenoxy) is 3. The van der Waals surface area contributed by atoms with Gasteiger partial charge in [0.25, 0.3) is 0 Å². The Kier molecular flexibility index (Phi) is 6.29. The number of hydrogen-bond donors (Lipinski definition) is 2. The summed E-state index contributed by atoms with van der Waals surface area (Å²) in [7, 11) is 1.50. The minimum atomic E-state index is -2.92. The lowest BCUT2D eigenvalue weighted by Crippen LogP contribution is -2.27. The van der Waals surface area contributed by atoms with Gasteiger partial charge in [0.2, 0.25) is 0 Å². The highest BCUT2D eigenvalue weighted by Gasteiger charge is 2.07. The van der Waals surface area contributed by atoms with Crippen molar-refractivity contribution in [1.82, 2.24) is 9.97 Å². The summed E-state index contributed by atoms with van der Waals surface area (Å²) in [5.41, 5.74) is 6.49. The number of benzene rings is 1. The maximum absolute atomic E-state index is 12.2. The van der Waals surface area contributed by atoms with Crippen LogP contribution in [0.2, 0.25) is 0 Å². The van der Waals surface area contributed by atoms with Crippen molar-refractivity contribution in [2.24, 2.45) is 11.6 Å². The molecule has 0 saturated carbocycles. The molecule has 8 nitrogen and oxygen atoms in total. The van der Waals surface area contributed by atoms with Gasteiger partial charge < -0.3 is 19.9 Å². The van der Waals surface area contributed by atoms with Gasteiger partial charge in [-0.3, -0.25) is 5.01 Å². The van der Waals surface area contributed by atoms with E-state index in [9.17, 15) is 8.78 Å². The third-order valence-corrected chi connectivity index (χ3v) is 2.85.